The van der Waals surface area contributed by atoms with Gasteiger partial charge in [0.2, 0.25) is 0 Å². The molecule has 2 N–H and O–H groups in total. The molecule has 0 radical (unpaired) electrons. The third-order valence-electron chi connectivity index (χ3n) is 3.65. The lowest BCUT2D eigenvalue weighted by Crippen LogP contribution is -2.09. The molecular formula is C16H32N4S. The largest absolute Gasteiger partial charge is 0.324 e. The van der Waals surface area contributed by atoms with Gasteiger partial charge in [-0.25, -0.2) is 0 Å². The molecule has 122 valence electrons. The Morgan fingerprint density at radius 3 is 2.19 bits per heavy atom. The highest BCUT2D eigenvalue weighted by molar-refractivity contribution is 7.99. The summed E-state index contributed by atoms with van der Waals surface area (Å²) in [4.78, 5) is 0. The van der Waals surface area contributed by atoms with Gasteiger partial charge in [0, 0.05) is 12.3 Å². The molecule has 0 amide bonds. The van der Waals surface area contributed by atoms with Crippen molar-refractivity contribution in [2.75, 3.05) is 5.75 Å². The third-order valence-corrected chi connectivity index (χ3v) is 4.71. The predicted octanol–water partition coefficient (Wildman–Crippen LogP) is 4.38. The zero-order valence-electron chi connectivity index (χ0n) is 13.8. The predicted molar refractivity (Wildman–Crippen MR) is 91.5 cm³/mol. The molecule has 0 saturated heterocycles. The Bertz CT molecular complexity index is 365. The van der Waals surface area contributed by atoms with Gasteiger partial charge in [-0.2, -0.15) is 0 Å². The van der Waals surface area contributed by atoms with Gasteiger partial charge in [0.25, 0.3) is 0 Å². The van der Waals surface area contributed by atoms with E-state index in [0.29, 0.717) is 6.54 Å². The van der Waals surface area contributed by atoms with Gasteiger partial charge in [-0.05, 0) is 12.8 Å². The normalized spacial score (nSPS) is 11.2. The molecular weight excluding hydrogens is 280 g/mol. The van der Waals surface area contributed by atoms with Crippen LogP contribution < -0.4 is 5.73 Å². The minimum absolute atomic E-state index is 0.478. The summed E-state index contributed by atoms with van der Waals surface area (Å²) in [5.74, 6) is 2.05. The summed E-state index contributed by atoms with van der Waals surface area (Å²) >= 11 is 1.83. The molecule has 0 aromatic carbocycles. The Hall–Kier alpha value is -0.550. The second kappa shape index (κ2) is 12.0. The quantitative estimate of drug-likeness (QED) is 0.434. The van der Waals surface area contributed by atoms with Crippen LogP contribution in [0.15, 0.2) is 5.16 Å². The minimum Gasteiger partial charge on any atom is -0.324 e. The van der Waals surface area contributed by atoms with Gasteiger partial charge in [-0.15, -0.1) is 10.2 Å². The van der Waals surface area contributed by atoms with Gasteiger partial charge >= 0.3 is 0 Å². The number of aromatic nitrogens is 3. The maximum Gasteiger partial charge on any atom is 0.191 e. The molecule has 1 aromatic heterocycles. The van der Waals surface area contributed by atoms with Crippen LogP contribution in [0.25, 0.3) is 0 Å². The highest BCUT2D eigenvalue weighted by Gasteiger charge is 2.10. The van der Waals surface area contributed by atoms with Gasteiger partial charge in [-0.1, -0.05) is 70.6 Å². The van der Waals surface area contributed by atoms with E-state index in [0.717, 1.165) is 29.7 Å². The Morgan fingerprint density at radius 1 is 0.905 bits per heavy atom. The van der Waals surface area contributed by atoms with E-state index in [2.05, 4.69) is 28.6 Å². The molecule has 0 aliphatic rings. The second-order valence-electron chi connectivity index (χ2n) is 5.58. The fourth-order valence-corrected chi connectivity index (χ4v) is 3.41. The Kier molecular flexibility index (Phi) is 10.6. The van der Waals surface area contributed by atoms with Crippen molar-refractivity contribution in [3.05, 3.63) is 5.82 Å². The summed E-state index contributed by atoms with van der Waals surface area (Å²) in [5.41, 5.74) is 5.71. The van der Waals surface area contributed by atoms with Gasteiger partial charge in [0.1, 0.15) is 5.82 Å². The first-order valence-electron chi connectivity index (χ1n) is 8.58. The average Bonchev–Trinajstić information content (AvgIpc) is 2.88. The summed E-state index contributed by atoms with van der Waals surface area (Å²) < 4.78 is 2.18. The van der Waals surface area contributed by atoms with E-state index in [4.69, 9.17) is 5.73 Å². The topological polar surface area (TPSA) is 56.7 Å². The molecule has 0 unspecified atom stereocenters. The van der Waals surface area contributed by atoms with E-state index in [1.165, 1.54) is 51.4 Å². The molecule has 1 heterocycles. The van der Waals surface area contributed by atoms with Crippen molar-refractivity contribution >= 4 is 11.8 Å². The van der Waals surface area contributed by atoms with E-state index in [1.807, 2.05) is 11.8 Å². The number of thioether (sulfide) groups is 1. The molecule has 21 heavy (non-hydrogen) atoms. The Balaban J connectivity index is 2.13. The van der Waals surface area contributed by atoms with Crippen LogP contribution in [0, 0.1) is 0 Å². The number of hydrogen-bond donors (Lipinski definition) is 1. The number of unbranched alkanes of at least 4 members (excludes halogenated alkanes) is 7. The van der Waals surface area contributed by atoms with Crippen molar-refractivity contribution in [3.8, 4) is 0 Å². The molecule has 0 saturated carbocycles. The summed E-state index contributed by atoms with van der Waals surface area (Å²) in [6.07, 6.45) is 12.0. The minimum atomic E-state index is 0.478. The molecule has 1 rings (SSSR count). The molecule has 0 aliphatic heterocycles. The maximum atomic E-state index is 5.71. The van der Waals surface area contributed by atoms with Crippen LogP contribution in [0.3, 0.4) is 0 Å². The summed E-state index contributed by atoms with van der Waals surface area (Å²) in [7, 11) is 0. The SMILES string of the molecule is CCCCCCCCCCSc1nnc(CN)n1CCC. The van der Waals surface area contributed by atoms with E-state index in [-0.39, 0.29) is 0 Å². The fraction of sp³-hybridized carbons (Fsp3) is 0.875. The molecule has 0 aliphatic carbocycles. The summed E-state index contributed by atoms with van der Waals surface area (Å²) in [5, 5.41) is 9.49. The van der Waals surface area contributed by atoms with Crippen molar-refractivity contribution in [3.63, 3.8) is 0 Å². The van der Waals surface area contributed by atoms with Crippen LogP contribution in [0.4, 0.5) is 0 Å². The Labute approximate surface area is 134 Å². The van der Waals surface area contributed by atoms with Crippen molar-refractivity contribution < 1.29 is 0 Å². The van der Waals surface area contributed by atoms with Crippen LogP contribution in [0.5, 0.6) is 0 Å². The number of rotatable bonds is 13. The van der Waals surface area contributed by atoms with E-state index >= 15 is 0 Å². The van der Waals surface area contributed by atoms with E-state index in [1.54, 1.807) is 0 Å². The van der Waals surface area contributed by atoms with E-state index < -0.39 is 0 Å². The average molecular weight is 313 g/mol. The van der Waals surface area contributed by atoms with Crippen molar-refractivity contribution in [2.24, 2.45) is 5.73 Å². The molecule has 0 fully saturated rings. The molecule has 1 aromatic rings. The summed E-state index contributed by atoms with van der Waals surface area (Å²) in [6.45, 7) is 5.89. The first-order valence-corrected chi connectivity index (χ1v) is 9.57. The van der Waals surface area contributed by atoms with Crippen LogP contribution in [-0.2, 0) is 13.1 Å². The number of hydrogen-bond acceptors (Lipinski definition) is 4. The monoisotopic (exact) mass is 312 g/mol. The highest BCUT2D eigenvalue weighted by Crippen LogP contribution is 2.19. The van der Waals surface area contributed by atoms with Crippen molar-refractivity contribution in [1.29, 1.82) is 0 Å². The van der Waals surface area contributed by atoms with Crippen molar-refractivity contribution in [2.45, 2.75) is 89.9 Å². The van der Waals surface area contributed by atoms with Gasteiger partial charge in [-0.3, -0.25) is 0 Å². The summed E-state index contributed by atoms with van der Waals surface area (Å²) in [6, 6.07) is 0. The van der Waals surface area contributed by atoms with Gasteiger partial charge in [0.05, 0.1) is 6.54 Å². The fourth-order valence-electron chi connectivity index (χ4n) is 2.42. The molecule has 0 bridgehead atoms. The van der Waals surface area contributed by atoms with Gasteiger partial charge in [0.15, 0.2) is 5.16 Å². The number of nitrogens with two attached hydrogens (primary N) is 1. The highest BCUT2D eigenvalue weighted by atomic mass is 32.2. The van der Waals surface area contributed by atoms with Crippen molar-refractivity contribution in [1.82, 2.24) is 14.8 Å². The lowest BCUT2D eigenvalue weighted by Gasteiger charge is -2.07. The zero-order valence-corrected chi connectivity index (χ0v) is 14.6. The van der Waals surface area contributed by atoms with Gasteiger partial charge < -0.3 is 10.3 Å². The van der Waals surface area contributed by atoms with Crippen LogP contribution in [0.2, 0.25) is 0 Å². The zero-order chi connectivity index (χ0) is 15.3. The smallest absolute Gasteiger partial charge is 0.191 e. The second-order valence-corrected chi connectivity index (χ2v) is 6.64. The molecule has 0 spiro atoms. The number of nitrogens with zero attached hydrogens (tertiary/aromatic N) is 3. The molecule has 4 nitrogen and oxygen atoms in total. The Morgan fingerprint density at radius 2 is 1.57 bits per heavy atom. The first-order chi connectivity index (χ1) is 10.3. The lowest BCUT2D eigenvalue weighted by molar-refractivity contribution is 0.584. The molecule has 5 heteroatoms. The maximum absolute atomic E-state index is 5.71. The lowest BCUT2D eigenvalue weighted by atomic mass is 10.1. The molecule has 0 atom stereocenters. The standard InChI is InChI=1S/C16H32N4S/c1-3-5-6-7-8-9-10-11-13-21-16-19-18-15(14-17)20(16)12-4-2/h3-14,17H2,1-2H3. The van der Waals surface area contributed by atoms with Crippen LogP contribution in [0.1, 0.15) is 77.5 Å². The third kappa shape index (κ3) is 7.32. The first kappa shape index (κ1) is 18.5. The van der Waals surface area contributed by atoms with E-state index in [9.17, 15) is 0 Å². The van der Waals surface area contributed by atoms with Crippen LogP contribution >= 0.6 is 11.8 Å². The van der Waals surface area contributed by atoms with Crippen LogP contribution in [-0.4, -0.2) is 20.5 Å².